The van der Waals surface area contributed by atoms with E-state index in [0.717, 1.165) is 6.20 Å². The van der Waals surface area contributed by atoms with Gasteiger partial charge < -0.3 is 15.0 Å². The van der Waals surface area contributed by atoms with Gasteiger partial charge in [-0.25, -0.2) is 15.0 Å². The fraction of sp³-hybridized carbons (Fsp3) is 0.400. The summed E-state index contributed by atoms with van der Waals surface area (Å²) >= 11 is 0. The first-order chi connectivity index (χ1) is 15.8. The smallest absolute Gasteiger partial charge is 0.434 e. The van der Waals surface area contributed by atoms with Crippen LogP contribution in [-0.2, 0) is 6.18 Å². The SMILES string of the molecule is COc1ccc(-n2nccn2)c(C(=O)N2CCC[C@@H](Nc3cnc(C(F)(F)F)cn3)[C@@H]2C)n1. The number of hydrogen-bond donors (Lipinski definition) is 1. The number of likely N-dealkylation sites (tertiary alicyclic amines) is 1. The topological polar surface area (TPSA) is 111 Å². The van der Waals surface area contributed by atoms with Gasteiger partial charge in [0.2, 0.25) is 5.88 Å². The summed E-state index contributed by atoms with van der Waals surface area (Å²) in [6.45, 7) is 2.35. The van der Waals surface area contributed by atoms with Crippen molar-refractivity contribution in [2.75, 3.05) is 19.0 Å². The Balaban J connectivity index is 1.56. The van der Waals surface area contributed by atoms with Gasteiger partial charge in [0.05, 0.1) is 31.9 Å². The van der Waals surface area contributed by atoms with Crippen LogP contribution < -0.4 is 10.1 Å². The summed E-state index contributed by atoms with van der Waals surface area (Å²) in [7, 11) is 1.46. The van der Waals surface area contributed by atoms with Crippen molar-refractivity contribution < 1.29 is 22.7 Å². The van der Waals surface area contributed by atoms with Gasteiger partial charge in [0.15, 0.2) is 11.4 Å². The summed E-state index contributed by atoms with van der Waals surface area (Å²) in [5.41, 5.74) is -0.528. The van der Waals surface area contributed by atoms with Crippen LogP contribution in [0.15, 0.2) is 36.9 Å². The summed E-state index contributed by atoms with van der Waals surface area (Å²) in [6.07, 6.45) is 1.54. The third-order valence-corrected chi connectivity index (χ3v) is 5.42. The Hall–Kier alpha value is -3.77. The van der Waals surface area contributed by atoms with Crippen LogP contribution >= 0.6 is 0 Å². The first-order valence-electron chi connectivity index (χ1n) is 10.2. The molecule has 13 heteroatoms. The lowest BCUT2D eigenvalue weighted by molar-refractivity contribution is -0.141. The van der Waals surface area contributed by atoms with Gasteiger partial charge in [0, 0.05) is 24.7 Å². The average molecular weight is 462 g/mol. The van der Waals surface area contributed by atoms with Gasteiger partial charge in [-0.1, -0.05) is 0 Å². The molecular formula is C20H21F3N8O2. The van der Waals surface area contributed by atoms with Crippen molar-refractivity contribution in [3.05, 3.63) is 48.3 Å². The molecule has 0 spiro atoms. The Kier molecular flexibility index (Phi) is 6.11. The predicted molar refractivity (Wildman–Crippen MR) is 110 cm³/mol. The molecule has 0 unspecified atom stereocenters. The van der Waals surface area contributed by atoms with Crippen LogP contribution in [0.2, 0.25) is 0 Å². The minimum Gasteiger partial charge on any atom is -0.481 e. The van der Waals surface area contributed by atoms with Crippen molar-refractivity contribution in [1.82, 2.24) is 34.8 Å². The Bertz CT molecular complexity index is 1110. The molecular weight excluding hydrogens is 441 g/mol. The van der Waals surface area contributed by atoms with Gasteiger partial charge in [-0.05, 0) is 25.8 Å². The molecule has 2 atom stereocenters. The summed E-state index contributed by atoms with van der Waals surface area (Å²) in [4.78, 5) is 28.1. The largest absolute Gasteiger partial charge is 0.481 e. The molecule has 4 rings (SSSR count). The molecule has 1 fully saturated rings. The summed E-state index contributed by atoms with van der Waals surface area (Å²) in [6, 6.07) is 2.72. The average Bonchev–Trinajstić information content (AvgIpc) is 3.34. The van der Waals surface area contributed by atoms with E-state index >= 15 is 0 Å². The van der Waals surface area contributed by atoms with E-state index in [4.69, 9.17) is 4.74 Å². The molecule has 0 aromatic carbocycles. The molecule has 0 saturated carbocycles. The molecule has 1 aliphatic heterocycles. The number of halogens is 3. The minimum atomic E-state index is -4.56. The number of methoxy groups -OCH3 is 1. The van der Waals surface area contributed by atoms with Gasteiger partial charge in [-0.2, -0.15) is 23.4 Å². The fourth-order valence-corrected chi connectivity index (χ4v) is 3.70. The van der Waals surface area contributed by atoms with E-state index in [1.54, 1.807) is 17.0 Å². The number of ether oxygens (including phenoxy) is 1. The number of anilines is 1. The van der Waals surface area contributed by atoms with Crippen molar-refractivity contribution in [2.24, 2.45) is 0 Å². The van der Waals surface area contributed by atoms with Crippen LogP contribution in [0.3, 0.4) is 0 Å². The van der Waals surface area contributed by atoms with Crippen LogP contribution in [0.1, 0.15) is 35.9 Å². The van der Waals surface area contributed by atoms with Gasteiger partial charge in [0.25, 0.3) is 5.91 Å². The number of piperidine rings is 1. The number of carbonyl (C=O) groups is 1. The molecule has 0 bridgehead atoms. The zero-order valence-corrected chi connectivity index (χ0v) is 17.8. The number of carbonyl (C=O) groups excluding carboxylic acids is 1. The second-order valence-electron chi connectivity index (χ2n) is 7.46. The van der Waals surface area contributed by atoms with Crippen molar-refractivity contribution >= 4 is 11.7 Å². The van der Waals surface area contributed by atoms with E-state index in [-0.39, 0.29) is 35.4 Å². The van der Waals surface area contributed by atoms with E-state index in [2.05, 4.69) is 30.5 Å². The second kappa shape index (κ2) is 9.00. The first kappa shape index (κ1) is 22.4. The molecule has 1 N–H and O–H groups in total. The van der Waals surface area contributed by atoms with Crippen molar-refractivity contribution in [3.8, 4) is 11.6 Å². The number of amides is 1. The predicted octanol–water partition coefficient (Wildman–Crippen LogP) is 2.58. The minimum absolute atomic E-state index is 0.132. The molecule has 1 saturated heterocycles. The highest BCUT2D eigenvalue weighted by Gasteiger charge is 2.35. The molecule has 4 heterocycles. The number of alkyl halides is 3. The van der Waals surface area contributed by atoms with Crippen molar-refractivity contribution in [3.63, 3.8) is 0 Å². The highest BCUT2D eigenvalue weighted by molar-refractivity contribution is 5.96. The van der Waals surface area contributed by atoms with Gasteiger partial charge in [-0.15, -0.1) is 4.80 Å². The molecule has 1 amide bonds. The monoisotopic (exact) mass is 462 g/mol. The standard InChI is InChI=1S/C20H21F3N8O2/c1-12-13(28-16-11-24-15(10-25-16)20(21,22)23)4-3-9-30(12)19(32)18-14(31-26-7-8-27-31)5-6-17(29-18)33-2/h5-8,10-13H,3-4,9H2,1-2H3,(H,25,28)/t12-,13+/m0/s1. The van der Waals surface area contributed by atoms with E-state index in [0.29, 0.717) is 31.3 Å². The summed E-state index contributed by atoms with van der Waals surface area (Å²) < 4.78 is 43.4. The van der Waals surface area contributed by atoms with Gasteiger partial charge >= 0.3 is 6.18 Å². The van der Waals surface area contributed by atoms with Crippen LogP contribution in [0.25, 0.3) is 5.69 Å². The summed E-state index contributed by atoms with van der Waals surface area (Å²) in [5, 5.41) is 11.3. The van der Waals surface area contributed by atoms with Crippen molar-refractivity contribution in [2.45, 2.75) is 38.0 Å². The summed E-state index contributed by atoms with van der Waals surface area (Å²) in [5.74, 6) is 0.141. The Morgan fingerprint density at radius 2 is 1.94 bits per heavy atom. The molecule has 0 aliphatic carbocycles. The zero-order valence-electron chi connectivity index (χ0n) is 17.8. The number of pyridine rings is 1. The van der Waals surface area contributed by atoms with Crippen molar-refractivity contribution in [1.29, 1.82) is 0 Å². The molecule has 33 heavy (non-hydrogen) atoms. The number of rotatable bonds is 5. The quantitative estimate of drug-likeness (QED) is 0.616. The lowest BCUT2D eigenvalue weighted by atomic mass is 9.96. The van der Waals surface area contributed by atoms with Crippen LogP contribution in [0.5, 0.6) is 5.88 Å². The molecule has 174 valence electrons. The van der Waals surface area contributed by atoms with E-state index in [1.807, 2.05) is 6.92 Å². The Morgan fingerprint density at radius 3 is 2.58 bits per heavy atom. The normalized spacial score (nSPS) is 18.8. The molecule has 0 radical (unpaired) electrons. The fourth-order valence-electron chi connectivity index (χ4n) is 3.70. The van der Waals surface area contributed by atoms with Gasteiger partial charge in [-0.3, -0.25) is 4.79 Å². The van der Waals surface area contributed by atoms with E-state index in [9.17, 15) is 18.0 Å². The molecule has 1 aliphatic rings. The second-order valence-corrected chi connectivity index (χ2v) is 7.46. The highest BCUT2D eigenvalue weighted by atomic mass is 19.4. The number of nitrogens with zero attached hydrogens (tertiary/aromatic N) is 7. The third kappa shape index (κ3) is 4.71. The highest BCUT2D eigenvalue weighted by Crippen LogP contribution is 2.28. The maximum Gasteiger partial charge on any atom is 0.434 e. The molecule has 3 aromatic heterocycles. The number of nitrogens with one attached hydrogen (secondary N) is 1. The van der Waals surface area contributed by atoms with Crippen LogP contribution in [0.4, 0.5) is 19.0 Å². The number of hydrogen-bond acceptors (Lipinski definition) is 8. The maximum absolute atomic E-state index is 13.5. The third-order valence-electron chi connectivity index (χ3n) is 5.42. The molecule has 10 nitrogen and oxygen atoms in total. The van der Waals surface area contributed by atoms with E-state index < -0.39 is 11.9 Å². The van der Waals surface area contributed by atoms with E-state index in [1.165, 1.54) is 24.3 Å². The van der Waals surface area contributed by atoms with Crippen LogP contribution in [0, 0.1) is 0 Å². The van der Waals surface area contributed by atoms with Gasteiger partial charge in [0.1, 0.15) is 11.5 Å². The molecule has 3 aromatic rings. The lowest BCUT2D eigenvalue weighted by Crippen LogP contribution is -2.52. The van der Waals surface area contributed by atoms with Crippen LogP contribution in [-0.4, -0.2) is 66.5 Å². The zero-order chi connectivity index (χ0) is 23.6. The Labute approximate surface area is 186 Å². The maximum atomic E-state index is 13.5. The lowest BCUT2D eigenvalue weighted by Gasteiger charge is -2.39. The first-order valence-corrected chi connectivity index (χ1v) is 10.2. The number of aromatic nitrogens is 6. The Morgan fingerprint density at radius 1 is 1.18 bits per heavy atom.